The highest BCUT2D eigenvalue weighted by Gasteiger charge is 2.17. The monoisotopic (exact) mass is 413 g/mol. The van der Waals surface area contributed by atoms with Crippen LogP contribution in [0.25, 0.3) is 16.5 Å². The number of alkyl halides is 2. The quantitative estimate of drug-likeness (QED) is 0.575. The van der Waals surface area contributed by atoms with Crippen molar-refractivity contribution in [1.82, 2.24) is 10.3 Å². The van der Waals surface area contributed by atoms with Crippen molar-refractivity contribution < 1.29 is 17.9 Å². The van der Waals surface area contributed by atoms with E-state index in [2.05, 4.69) is 21.7 Å². The van der Waals surface area contributed by atoms with E-state index in [0.717, 1.165) is 53.5 Å². The first kappa shape index (κ1) is 20.2. The zero-order valence-electron chi connectivity index (χ0n) is 16.5. The van der Waals surface area contributed by atoms with Gasteiger partial charge in [-0.25, -0.2) is 13.2 Å². The number of hydrogen-bond donors (Lipinski definition) is 2. The van der Waals surface area contributed by atoms with Crippen LogP contribution in [0.2, 0.25) is 0 Å². The number of nitrogens with zero attached hydrogens (tertiary/aromatic N) is 1. The largest absolute Gasteiger partial charge is 0.496 e. The van der Waals surface area contributed by atoms with Gasteiger partial charge in [0.1, 0.15) is 11.6 Å². The standard InChI is InChI=1S/C23H22F3N3O/c1-30-21-12-20-18(11-17(21)14-5-8-27-9-6-14)19(7-10-28-20)29-13-15-3-2-4-16(22(15)24)23(25)26/h2-5,7,10-12,23,27H,6,8-9,13H2,1H3,(H,28,29). The topological polar surface area (TPSA) is 46.2 Å². The van der Waals surface area contributed by atoms with Gasteiger partial charge in [-0.15, -0.1) is 0 Å². The number of benzene rings is 2. The molecule has 0 spiro atoms. The number of hydrogen-bond acceptors (Lipinski definition) is 4. The third kappa shape index (κ3) is 3.98. The Kier molecular flexibility index (Phi) is 5.90. The molecule has 2 N–H and O–H groups in total. The number of halogens is 3. The molecule has 4 rings (SSSR count). The maximum atomic E-state index is 14.4. The number of methoxy groups -OCH3 is 1. The molecular formula is C23H22F3N3O. The van der Waals surface area contributed by atoms with Gasteiger partial charge in [-0.05, 0) is 30.7 Å². The highest BCUT2D eigenvalue weighted by atomic mass is 19.3. The SMILES string of the molecule is COc1cc2nccc(NCc3cccc(C(F)F)c3F)c2cc1C1=CCNCC1. The third-order valence-electron chi connectivity index (χ3n) is 5.29. The van der Waals surface area contributed by atoms with Gasteiger partial charge in [-0.1, -0.05) is 24.3 Å². The molecule has 2 heterocycles. The molecule has 156 valence electrons. The lowest BCUT2D eigenvalue weighted by Crippen LogP contribution is -2.20. The highest BCUT2D eigenvalue weighted by Crippen LogP contribution is 2.35. The van der Waals surface area contributed by atoms with Crippen LogP contribution in [0, 0.1) is 5.82 Å². The van der Waals surface area contributed by atoms with Crippen LogP contribution in [-0.2, 0) is 6.54 Å². The van der Waals surface area contributed by atoms with Gasteiger partial charge in [-0.3, -0.25) is 4.98 Å². The summed E-state index contributed by atoms with van der Waals surface area (Å²) in [5.41, 5.74) is 3.27. The Morgan fingerprint density at radius 2 is 2.10 bits per heavy atom. The first-order valence-corrected chi connectivity index (χ1v) is 9.74. The molecule has 0 radical (unpaired) electrons. The highest BCUT2D eigenvalue weighted by molar-refractivity contribution is 5.95. The number of pyridine rings is 1. The average molecular weight is 413 g/mol. The summed E-state index contributed by atoms with van der Waals surface area (Å²) in [4.78, 5) is 4.42. The van der Waals surface area contributed by atoms with Crippen molar-refractivity contribution in [2.75, 3.05) is 25.5 Å². The number of nitrogens with one attached hydrogen (secondary N) is 2. The molecule has 4 nitrogen and oxygen atoms in total. The van der Waals surface area contributed by atoms with E-state index in [-0.39, 0.29) is 12.1 Å². The fraction of sp³-hybridized carbons (Fsp3) is 0.261. The van der Waals surface area contributed by atoms with Gasteiger partial charge in [0.2, 0.25) is 0 Å². The van der Waals surface area contributed by atoms with Crippen molar-refractivity contribution in [3.05, 3.63) is 71.2 Å². The molecule has 0 saturated carbocycles. The Hall–Kier alpha value is -3.06. The zero-order valence-corrected chi connectivity index (χ0v) is 16.5. The molecule has 0 unspecified atom stereocenters. The lowest BCUT2D eigenvalue weighted by atomic mass is 9.97. The molecule has 0 fully saturated rings. The molecule has 1 aliphatic heterocycles. The first-order valence-electron chi connectivity index (χ1n) is 9.74. The predicted molar refractivity (Wildman–Crippen MR) is 112 cm³/mol. The molecule has 1 aliphatic rings. The fourth-order valence-corrected chi connectivity index (χ4v) is 3.71. The number of aromatic nitrogens is 1. The molecule has 30 heavy (non-hydrogen) atoms. The summed E-state index contributed by atoms with van der Waals surface area (Å²) in [6, 6.07) is 9.76. The van der Waals surface area contributed by atoms with E-state index in [4.69, 9.17) is 4.74 Å². The van der Waals surface area contributed by atoms with E-state index >= 15 is 0 Å². The number of anilines is 1. The number of ether oxygens (including phenoxy) is 1. The molecule has 1 aromatic heterocycles. The zero-order chi connectivity index (χ0) is 21.1. The average Bonchev–Trinajstić information content (AvgIpc) is 2.77. The van der Waals surface area contributed by atoms with Gasteiger partial charge in [0.15, 0.2) is 0 Å². The molecule has 0 bridgehead atoms. The maximum Gasteiger partial charge on any atom is 0.266 e. The molecule has 3 aromatic rings. The summed E-state index contributed by atoms with van der Waals surface area (Å²) < 4.78 is 45.9. The van der Waals surface area contributed by atoms with Crippen molar-refractivity contribution in [3.63, 3.8) is 0 Å². The summed E-state index contributed by atoms with van der Waals surface area (Å²) in [6.45, 7) is 1.78. The summed E-state index contributed by atoms with van der Waals surface area (Å²) in [5.74, 6) is -0.128. The van der Waals surface area contributed by atoms with Crippen molar-refractivity contribution in [2.24, 2.45) is 0 Å². The Labute approximate surface area is 172 Å². The predicted octanol–water partition coefficient (Wildman–Crippen LogP) is 5.31. The minimum atomic E-state index is -2.85. The minimum absolute atomic E-state index is 0.0828. The van der Waals surface area contributed by atoms with E-state index in [1.807, 2.05) is 12.1 Å². The van der Waals surface area contributed by atoms with Crippen molar-refractivity contribution in [3.8, 4) is 5.75 Å². The van der Waals surface area contributed by atoms with Crippen LogP contribution in [0.5, 0.6) is 5.75 Å². The van der Waals surface area contributed by atoms with Crippen molar-refractivity contribution in [2.45, 2.75) is 19.4 Å². The smallest absolute Gasteiger partial charge is 0.266 e. The second-order valence-corrected chi connectivity index (χ2v) is 7.09. The minimum Gasteiger partial charge on any atom is -0.496 e. The summed E-state index contributed by atoms with van der Waals surface area (Å²) in [5, 5.41) is 7.34. The van der Waals surface area contributed by atoms with E-state index in [1.54, 1.807) is 19.4 Å². The molecule has 0 saturated heterocycles. The summed E-state index contributed by atoms with van der Waals surface area (Å²) in [6.07, 6.45) is 1.83. The molecule has 0 atom stereocenters. The third-order valence-corrected chi connectivity index (χ3v) is 5.29. The van der Waals surface area contributed by atoms with Crippen LogP contribution in [0.1, 0.15) is 29.5 Å². The van der Waals surface area contributed by atoms with E-state index in [9.17, 15) is 13.2 Å². The molecule has 0 amide bonds. The van der Waals surface area contributed by atoms with Crippen LogP contribution in [0.4, 0.5) is 18.9 Å². The number of rotatable bonds is 6. The van der Waals surface area contributed by atoms with Gasteiger partial charge < -0.3 is 15.4 Å². The van der Waals surface area contributed by atoms with Crippen LogP contribution < -0.4 is 15.4 Å². The first-order chi connectivity index (χ1) is 14.6. The fourth-order valence-electron chi connectivity index (χ4n) is 3.71. The van der Waals surface area contributed by atoms with Crippen LogP contribution in [0.15, 0.2) is 48.7 Å². The Morgan fingerprint density at radius 3 is 2.83 bits per heavy atom. The van der Waals surface area contributed by atoms with Crippen LogP contribution >= 0.6 is 0 Å². The second-order valence-electron chi connectivity index (χ2n) is 7.09. The lowest BCUT2D eigenvalue weighted by molar-refractivity contribution is 0.146. The Balaban J connectivity index is 1.70. The maximum absolute atomic E-state index is 14.4. The number of fused-ring (bicyclic) bond motifs is 1. The van der Waals surface area contributed by atoms with Gasteiger partial charge in [-0.2, -0.15) is 0 Å². The Morgan fingerprint density at radius 1 is 1.23 bits per heavy atom. The van der Waals surface area contributed by atoms with Gasteiger partial charge in [0.05, 0.1) is 18.2 Å². The van der Waals surface area contributed by atoms with Crippen molar-refractivity contribution in [1.29, 1.82) is 0 Å². The van der Waals surface area contributed by atoms with Gasteiger partial charge >= 0.3 is 0 Å². The van der Waals surface area contributed by atoms with Crippen LogP contribution in [-0.4, -0.2) is 25.2 Å². The molecule has 2 aromatic carbocycles. The molecule has 0 aliphatic carbocycles. The molecular weight excluding hydrogens is 391 g/mol. The second kappa shape index (κ2) is 8.75. The lowest BCUT2D eigenvalue weighted by Gasteiger charge is -2.18. The van der Waals surface area contributed by atoms with Crippen LogP contribution in [0.3, 0.4) is 0 Å². The van der Waals surface area contributed by atoms with Gasteiger partial charge in [0.25, 0.3) is 6.43 Å². The molecule has 7 heteroatoms. The summed E-state index contributed by atoms with van der Waals surface area (Å²) >= 11 is 0. The van der Waals surface area contributed by atoms with E-state index in [0.29, 0.717) is 0 Å². The van der Waals surface area contributed by atoms with E-state index in [1.165, 1.54) is 17.7 Å². The normalized spacial score (nSPS) is 14.1. The van der Waals surface area contributed by atoms with Crippen molar-refractivity contribution >= 4 is 22.2 Å². The summed E-state index contributed by atoms with van der Waals surface area (Å²) in [7, 11) is 1.63. The Bertz CT molecular complexity index is 1100. The van der Waals surface area contributed by atoms with Gasteiger partial charge in [0, 0.05) is 47.6 Å². The van der Waals surface area contributed by atoms with E-state index < -0.39 is 17.8 Å².